The van der Waals surface area contributed by atoms with Gasteiger partial charge < -0.3 is 10.5 Å². The van der Waals surface area contributed by atoms with E-state index in [4.69, 9.17) is 10.5 Å². The van der Waals surface area contributed by atoms with E-state index in [0.717, 1.165) is 11.8 Å². The number of hydrogen-bond donors (Lipinski definition) is 1. The lowest BCUT2D eigenvalue weighted by Crippen LogP contribution is -2.02. The normalized spacial score (nSPS) is 11.5. The summed E-state index contributed by atoms with van der Waals surface area (Å²) in [4.78, 5) is 0.145. The maximum absolute atomic E-state index is 11.4. The summed E-state index contributed by atoms with van der Waals surface area (Å²) >= 11 is 0. The molecule has 1 aromatic heterocycles. The number of nitrogens with zero attached hydrogens (tertiary/aromatic N) is 2. The van der Waals surface area contributed by atoms with Crippen molar-refractivity contribution in [3.8, 4) is 11.4 Å². The number of rotatable bonds is 3. The number of methoxy groups -OCH3 is 1. The Morgan fingerprint density at radius 3 is 2.58 bits per heavy atom. The summed E-state index contributed by atoms with van der Waals surface area (Å²) in [5, 5.41) is 4.02. The third-order valence-electron chi connectivity index (χ3n) is 2.78. The van der Waals surface area contributed by atoms with Gasteiger partial charge in [0.25, 0.3) is 0 Å². The van der Waals surface area contributed by atoms with Gasteiger partial charge in [0, 0.05) is 18.5 Å². The van der Waals surface area contributed by atoms with Gasteiger partial charge >= 0.3 is 0 Å². The van der Waals surface area contributed by atoms with Crippen molar-refractivity contribution in [2.75, 3.05) is 19.1 Å². The molecule has 6 nitrogen and oxygen atoms in total. The average molecular weight is 281 g/mol. The van der Waals surface area contributed by atoms with Gasteiger partial charge in [-0.2, -0.15) is 5.10 Å². The van der Waals surface area contributed by atoms with Crippen LogP contribution in [0.1, 0.15) is 5.56 Å². The number of aryl methyl sites for hydroxylation is 1. The molecule has 0 aliphatic rings. The first-order valence-electron chi connectivity index (χ1n) is 5.52. The Morgan fingerprint density at radius 1 is 1.37 bits per heavy atom. The SMILES string of the molecule is COc1cc(-n2cc(S(C)(=O)=O)cn2)c(N)cc1C. The van der Waals surface area contributed by atoms with E-state index < -0.39 is 9.84 Å². The summed E-state index contributed by atoms with van der Waals surface area (Å²) in [5.41, 5.74) is 7.91. The number of aromatic nitrogens is 2. The van der Waals surface area contributed by atoms with E-state index in [1.54, 1.807) is 19.2 Å². The summed E-state index contributed by atoms with van der Waals surface area (Å²) in [6, 6.07) is 3.49. The first-order chi connectivity index (χ1) is 8.82. The standard InChI is InChI=1S/C12H15N3O3S/c1-8-4-10(13)11(5-12(8)18-2)15-7-9(6-14-15)19(3,16)17/h4-7H,13H2,1-3H3. The van der Waals surface area contributed by atoms with Crippen molar-refractivity contribution in [3.63, 3.8) is 0 Å². The van der Waals surface area contributed by atoms with Gasteiger partial charge in [0.15, 0.2) is 9.84 Å². The van der Waals surface area contributed by atoms with Crippen LogP contribution in [0, 0.1) is 6.92 Å². The molecule has 2 aromatic rings. The Hall–Kier alpha value is -2.02. The monoisotopic (exact) mass is 281 g/mol. The molecular weight excluding hydrogens is 266 g/mol. The zero-order chi connectivity index (χ0) is 14.2. The zero-order valence-corrected chi connectivity index (χ0v) is 11.7. The molecule has 1 aromatic carbocycles. The molecule has 2 N–H and O–H groups in total. The number of sulfone groups is 1. The predicted molar refractivity (Wildman–Crippen MR) is 72.4 cm³/mol. The molecule has 0 aliphatic carbocycles. The summed E-state index contributed by atoms with van der Waals surface area (Å²) in [7, 11) is -1.72. The molecule has 2 rings (SSSR count). The van der Waals surface area contributed by atoms with Crippen molar-refractivity contribution < 1.29 is 13.2 Å². The predicted octanol–water partition coefficient (Wildman–Crippen LogP) is 1.18. The molecule has 1 heterocycles. The maximum Gasteiger partial charge on any atom is 0.178 e. The van der Waals surface area contributed by atoms with E-state index in [2.05, 4.69) is 5.10 Å². The van der Waals surface area contributed by atoms with Crippen LogP contribution in [0.3, 0.4) is 0 Å². The van der Waals surface area contributed by atoms with Gasteiger partial charge in [-0.15, -0.1) is 0 Å². The van der Waals surface area contributed by atoms with Gasteiger partial charge in [0.2, 0.25) is 0 Å². The Balaban J connectivity index is 2.56. The number of nitrogen functional groups attached to an aromatic ring is 1. The van der Waals surface area contributed by atoms with Crippen LogP contribution in [-0.4, -0.2) is 31.6 Å². The van der Waals surface area contributed by atoms with E-state index in [1.807, 2.05) is 6.92 Å². The van der Waals surface area contributed by atoms with Crippen LogP contribution in [0.5, 0.6) is 5.75 Å². The quantitative estimate of drug-likeness (QED) is 0.853. The van der Waals surface area contributed by atoms with Gasteiger partial charge in [-0.05, 0) is 18.6 Å². The van der Waals surface area contributed by atoms with E-state index >= 15 is 0 Å². The highest BCUT2D eigenvalue weighted by Crippen LogP contribution is 2.27. The highest BCUT2D eigenvalue weighted by Gasteiger charge is 2.13. The Bertz CT molecular complexity index is 720. The van der Waals surface area contributed by atoms with E-state index in [9.17, 15) is 8.42 Å². The molecule has 19 heavy (non-hydrogen) atoms. The molecule has 0 saturated carbocycles. The molecule has 0 radical (unpaired) electrons. The molecule has 0 aliphatic heterocycles. The fourth-order valence-electron chi connectivity index (χ4n) is 1.75. The van der Waals surface area contributed by atoms with Gasteiger partial charge in [-0.1, -0.05) is 0 Å². The van der Waals surface area contributed by atoms with Gasteiger partial charge in [0.05, 0.1) is 24.7 Å². The molecule has 0 spiro atoms. The topological polar surface area (TPSA) is 87.2 Å². The third-order valence-corrected chi connectivity index (χ3v) is 3.85. The lowest BCUT2D eigenvalue weighted by atomic mass is 10.1. The number of ether oxygens (including phenoxy) is 1. The highest BCUT2D eigenvalue weighted by molar-refractivity contribution is 7.90. The molecule has 7 heteroatoms. The van der Waals surface area contributed by atoms with Crippen LogP contribution in [0.25, 0.3) is 5.69 Å². The Morgan fingerprint density at radius 2 is 2.05 bits per heavy atom. The second kappa shape index (κ2) is 4.58. The molecule has 0 unspecified atom stereocenters. The summed E-state index contributed by atoms with van der Waals surface area (Å²) in [6.07, 6.45) is 3.85. The second-order valence-corrected chi connectivity index (χ2v) is 6.29. The van der Waals surface area contributed by atoms with Crippen LogP contribution in [0.2, 0.25) is 0 Å². The van der Waals surface area contributed by atoms with Gasteiger partial charge in [0.1, 0.15) is 10.6 Å². The van der Waals surface area contributed by atoms with Crippen LogP contribution in [-0.2, 0) is 9.84 Å². The van der Waals surface area contributed by atoms with Crippen LogP contribution >= 0.6 is 0 Å². The zero-order valence-electron chi connectivity index (χ0n) is 10.9. The molecule has 0 saturated heterocycles. The average Bonchev–Trinajstić information content (AvgIpc) is 2.78. The minimum atomic E-state index is -3.28. The lowest BCUT2D eigenvalue weighted by molar-refractivity contribution is 0.411. The third kappa shape index (κ3) is 2.55. The molecule has 0 fully saturated rings. The molecule has 0 amide bonds. The second-order valence-electron chi connectivity index (χ2n) is 4.27. The van der Waals surface area contributed by atoms with Crippen LogP contribution in [0.4, 0.5) is 5.69 Å². The summed E-state index contributed by atoms with van der Waals surface area (Å²) < 4.78 is 29.5. The Kier molecular flexibility index (Phi) is 3.23. The number of benzene rings is 1. The number of nitrogens with two attached hydrogens (primary N) is 1. The summed E-state index contributed by atoms with van der Waals surface area (Å²) in [5.74, 6) is 0.667. The van der Waals surface area contributed by atoms with Crippen molar-refractivity contribution in [2.24, 2.45) is 0 Å². The van der Waals surface area contributed by atoms with Crippen molar-refractivity contribution in [1.29, 1.82) is 0 Å². The fourth-order valence-corrected chi connectivity index (χ4v) is 2.28. The van der Waals surface area contributed by atoms with Gasteiger partial charge in [-0.3, -0.25) is 0 Å². The molecule has 0 atom stereocenters. The first-order valence-corrected chi connectivity index (χ1v) is 7.41. The van der Waals surface area contributed by atoms with Gasteiger partial charge in [-0.25, -0.2) is 13.1 Å². The molecule has 102 valence electrons. The van der Waals surface area contributed by atoms with Crippen molar-refractivity contribution in [2.45, 2.75) is 11.8 Å². The van der Waals surface area contributed by atoms with E-state index in [-0.39, 0.29) is 4.90 Å². The minimum absolute atomic E-state index is 0.145. The summed E-state index contributed by atoms with van der Waals surface area (Å²) in [6.45, 7) is 1.88. The van der Waals surface area contributed by atoms with E-state index in [1.165, 1.54) is 17.1 Å². The minimum Gasteiger partial charge on any atom is -0.496 e. The molecule has 0 bridgehead atoms. The molecular formula is C12H15N3O3S. The first kappa shape index (κ1) is 13.4. The van der Waals surface area contributed by atoms with Crippen molar-refractivity contribution in [3.05, 3.63) is 30.1 Å². The van der Waals surface area contributed by atoms with Crippen molar-refractivity contribution in [1.82, 2.24) is 9.78 Å². The number of anilines is 1. The largest absolute Gasteiger partial charge is 0.496 e. The highest BCUT2D eigenvalue weighted by atomic mass is 32.2. The number of hydrogen-bond acceptors (Lipinski definition) is 5. The maximum atomic E-state index is 11.4. The Labute approximate surface area is 111 Å². The lowest BCUT2D eigenvalue weighted by Gasteiger charge is -2.10. The van der Waals surface area contributed by atoms with Crippen LogP contribution in [0.15, 0.2) is 29.4 Å². The van der Waals surface area contributed by atoms with Crippen LogP contribution < -0.4 is 10.5 Å². The fraction of sp³-hybridized carbons (Fsp3) is 0.250. The van der Waals surface area contributed by atoms with E-state index in [0.29, 0.717) is 17.1 Å². The van der Waals surface area contributed by atoms with Crippen molar-refractivity contribution >= 4 is 15.5 Å². The smallest absolute Gasteiger partial charge is 0.178 e.